The van der Waals surface area contributed by atoms with Crippen LogP contribution in [0.3, 0.4) is 0 Å². The molecular formula is C16H19F2N3O2. The number of rotatable bonds is 4. The van der Waals surface area contributed by atoms with Crippen LogP contribution in [0, 0.1) is 11.6 Å². The third-order valence-corrected chi connectivity index (χ3v) is 4.19. The monoisotopic (exact) mass is 323 g/mol. The van der Waals surface area contributed by atoms with Crippen LogP contribution in [0.15, 0.2) is 28.9 Å². The van der Waals surface area contributed by atoms with Crippen molar-refractivity contribution in [3.63, 3.8) is 0 Å². The number of hydrogen-bond donors (Lipinski definition) is 1. The number of halogens is 2. The Labute approximate surface area is 133 Å². The second kappa shape index (κ2) is 6.74. The van der Waals surface area contributed by atoms with Crippen LogP contribution in [-0.4, -0.2) is 59.2 Å². The maximum absolute atomic E-state index is 13.8. The lowest BCUT2D eigenvalue weighted by molar-refractivity contribution is 0.0534. The maximum Gasteiger partial charge on any atom is 0.232 e. The zero-order chi connectivity index (χ0) is 16.4. The van der Waals surface area contributed by atoms with Crippen molar-refractivity contribution in [3.05, 3.63) is 41.8 Å². The highest BCUT2D eigenvalue weighted by atomic mass is 19.1. The van der Waals surface area contributed by atoms with Gasteiger partial charge >= 0.3 is 0 Å². The molecule has 1 aromatic carbocycles. The normalized spacial score (nSPS) is 20.1. The van der Waals surface area contributed by atoms with E-state index in [1.165, 1.54) is 24.5 Å². The van der Waals surface area contributed by atoms with Crippen molar-refractivity contribution >= 4 is 0 Å². The van der Waals surface area contributed by atoms with Gasteiger partial charge in [0.25, 0.3) is 0 Å². The molecule has 1 aliphatic rings. The van der Waals surface area contributed by atoms with E-state index in [2.05, 4.69) is 14.8 Å². The average molecular weight is 323 g/mol. The summed E-state index contributed by atoms with van der Waals surface area (Å²) in [5.74, 6) is -1.44. The van der Waals surface area contributed by atoms with Crippen molar-refractivity contribution in [1.29, 1.82) is 0 Å². The van der Waals surface area contributed by atoms with Gasteiger partial charge in [0.1, 0.15) is 23.5 Å². The molecule has 0 amide bonds. The summed E-state index contributed by atoms with van der Waals surface area (Å²) in [6, 6.07) is 3.74. The molecule has 3 rings (SSSR count). The van der Waals surface area contributed by atoms with E-state index in [-0.39, 0.29) is 24.1 Å². The molecule has 1 N–H and O–H groups in total. The Bertz CT molecular complexity index is 657. The summed E-state index contributed by atoms with van der Waals surface area (Å²) in [5, 5.41) is 9.37. The predicted octanol–water partition coefficient (Wildman–Crippen LogP) is 1.73. The van der Waals surface area contributed by atoms with Crippen LogP contribution in [0.1, 0.15) is 5.69 Å². The highest BCUT2D eigenvalue weighted by molar-refractivity contribution is 5.55. The Morgan fingerprint density at radius 2 is 2.04 bits per heavy atom. The summed E-state index contributed by atoms with van der Waals surface area (Å²) in [6.07, 6.45) is 1.42. The highest BCUT2D eigenvalue weighted by Crippen LogP contribution is 2.25. The highest BCUT2D eigenvalue weighted by Gasteiger charge is 2.24. The van der Waals surface area contributed by atoms with Gasteiger partial charge in [-0.05, 0) is 19.2 Å². The van der Waals surface area contributed by atoms with Crippen molar-refractivity contribution in [2.24, 2.45) is 0 Å². The molecule has 0 radical (unpaired) electrons. The molecule has 0 saturated carbocycles. The molecule has 2 aromatic rings. The van der Waals surface area contributed by atoms with Gasteiger partial charge in [-0.1, -0.05) is 6.07 Å². The van der Waals surface area contributed by atoms with Crippen LogP contribution in [0.4, 0.5) is 8.78 Å². The van der Waals surface area contributed by atoms with Gasteiger partial charge in [0.2, 0.25) is 5.89 Å². The third-order valence-electron chi connectivity index (χ3n) is 4.19. The number of hydrogen-bond acceptors (Lipinski definition) is 5. The first-order valence-electron chi connectivity index (χ1n) is 7.50. The predicted molar refractivity (Wildman–Crippen MR) is 80.6 cm³/mol. The number of aliphatic hydroxyl groups excluding tert-OH is 1. The molecule has 1 aliphatic heterocycles. The summed E-state index contributed by atoms with van der Waals surface area (Å²) in [6.45, 7) is 3.01. The smallest absolute Gasteiger partial charge is 0.232 e. The van der Waals surface area contributed by atoms with Gasteiger partial charge in [0.05, 0.1) is 12.3 Å². The van der Waals surface area contributed by atoms with Crippen molar-refractivity contribution < 1.29 is 18.3 Å². The summed E-state index contributed by atoms with van der Waals surface area (Å²) < 4.78 is 32.8. The van der Waals surface area contributed by atoms with E-state index >= 15 is 0 Å². The van der Waals surface area contributed by atoms with Gasteiger partial charge in [-0.15, -0.1) is 0 Å². The van der Waals surface area contributed by atoms with E-state index in [4.69, 9.17) is 4.42 Å². The van der Waals surface area contributed by atoms with Crippen molar-refractivity contribution in [2.75, 3.05) is 33.3 Å². The number of aliphatic hydroxyl groups is 1. The first kappa shape index (κ1) is 16.0. The second-order valence-electron chi connectivity index (χ2n) is 5.79. The molecule has 1 unspecified atom stereocenters. The Morgan fingerprint density at radius 3 is 2.74 bits per heavy atom. The molecule has 1 saturated heterocycles. The number of benzene rings is 1. The van der Waals surface area contributed by atoms with E-state index in [0.29, 0.717) is 18.8 Å². The lowest BCUT2D eigenvalue weighted by Gasteiger charge is -2.38. The summed E-state index contributed by atoms with van der Waals surface area (Å²) in [5.41, 5.74) is 0.370. The van der Waals surface area contributed by atoms with Gasteiger partial charge in [0, 0.05) is 32.2 Å². The molecule has 7 heteroatoms. The van der Waals surface area contributed by atoms with Crippen LogP contribution >= 0.6 is 0 Å². The second-order valence-corrected chi connectivity index (χ2v) is 5.79. The molecular weight excluding hydrogens is 304 g/mol. The van der Waals surface area contributed by atoms with Crippen LogP contribution < -0.4 is 0 Å². The van der Waals surface area contributed by atoms with E-state index in [9.17, 15) is 13.9 Å². The van der Waals surface area contributed by atoms with E-state index in [0.717, 1.165) is 13.1 Å². The molecule has 0 spiro atoms. The average Bonchev–Trinajstić information content (AvgIpc) is 2.97. The Morgan fingerprint density at radius 1 is 1.30 bits per heavy atom. The summed E-state index contributed by atoms with van der Waals surface area (Å²) in [7, 11) is 1.98. The minimum absolute atomic E-state index is 0.0524. The van der Waals surface area contributed by atoms with E-state index < -0.39 is 11.6 Å². The van der Waals surface area contributed by atoms with Crippen LogP contribution in [-0.2, 0) is 6.54 Å². The molecule has 5 nitrogen and oxygen atoms in total. The van der Waals surface area contributed by atoms with Crippen LogP contribution in [0.25, 0.3) is 11.5 Å². The first-order chi connectivity index (χ1) is 11.1. The van der Waals surface area contributed by atoms with Crippen molar-refractivity contribution in [2.45, 2.75) is 12.6 Å². The quantitative estimate of drug-likeness (QED) is 0.929. The van der Waals surface area contributed by atoms with E-state index in [1.54, 1.807) is 0 Å². The molecule has 0 aliphatic carbocycles. The zero-order valence-electron chi connectivity index (χ0n) is 12.9. The Kier molecular flexibility index (Phi) is 4.70. The number of aromatic nitrogens is 1. The van der Waals surface area contributed by atoms with Gasteiger partial charge in [0.15, 0.2) is 0 Å². The van der Waals surface area contributed by atoms with Crippen LogP contribution in [0.2, 0.25) is 0 Å². The standard InChI is InChI=1S/C16H19F2N3O2/c1-20-5-6-21(8-12(20)9-22)7-11-10-23-16(19-11)15-13(17)3-2-4-14(15)18/h2-4,10,12,22H,5-9H2,1H3. The van der Waals surface area contributed by atoms with Gasteiger partial charge < -0.3 is 9.52 Å². The van der Waals surface area contributed by atoms with Crippen molar-refractivity contribution in [3.8, 4) is 11.5 Å². The topological polar surface area (TPSA) is 52.7 Å². The fraction of sp³-hybridized carbons (Fsp3) is 0.438. The molecule has 124 valence electrons. The number of likely N-dealkylation sites (N-methyl/N-ethyl adjacent to an activating group) is 1. The fourth-order valence-electron chi connectivity index (χ4n) is 2.78. The lowest BCUT2D eigenvalue weighted by atomic mass is 10.2. The van der Waals surface area contributed by atoms with Crippen molar-refractivity contribution in [1.82, 2.24) is 14.8 Å². The molecule has 1 fully saturated rings. The van der Waals surface area contributed by atoms with Gasteiger partial charge in [-0.25, -0.2) is 13.8 Å². The minimum atomic E-state index is -0.696. The van der Waals surface area contributed by atoms with E-state index in [1.807, 2.05) is 7.05 Å². The Balaban J connectivity index is 1.73. The largest absolute Gasteiger partial charge is 0.444 e. The fourth-order valence-corrected chi connectivity index (χ4v) is 2.78. The number of oxazole rings is 1. The number of piperazine rings is 1. The van der Waals surface area contributed by atoms with Crippen LogP contribution in [0.5, 0.6) is 0 Å². The Hall–Kier alpha value is -1.83. The molecule has 2 heterocycles. The number of nitrogens with zero attached hydrogens (tertiary/aromatic N) is 3. The zero-order valence-corrected chi connectivity index (χ0v) is 12.9. The molecule has 23 heavy (non-hydrogen) atoms. The SMILES string of the molecule is CN1CCN(Cc2coc(-c3c(F)cccc3F)n2)CC1CO. The minimum Gasteiger partial charge on any atom is -0.444 e. The summed E-state index contributed by atoms with van der Waals surface area (Å²) in [4.78, 5) is 8.45. The first-order valence-corrected chi connectivity index (χ1v) is 7.50. The molecule has 0 bridgehead atoms. The van der Waals surface area contributed by atoms with Gasteiger partial charge in [-0.3, -0.25) is 9.80 Å². The maximum atomic E-state index is 13.8. The molecule has 1 aromatic heterocycles. The third kappa shape index (κ3) is 3.41. The summed E-state index contributed by atoms with van der Waals surface area (Å²) >= 11 is 0. The molecule has 1 atom stereocenters. The lowest BCUT2D eigenvalue weighted by Crippen LogP contribution is -2.52. The van der Waals surface area contributed by atoms with Gasteiger partial charge in [-0.2, -0.15) is 0 Å².